The third-order valence-corrected chi connectivity index (χ3v) is 0.488. The first kappa shape index (κ1) is 12.5. The van der Waals surface area contributed by atoms with Gasteiger partial charge in [0.15, 0.2) is 0 Å². The summed E-state index contributed by atoms with van der Waals surface area (Å²) in [5, 5.41) is 0. The van der Waals surface area contributed by atoms with Crippen LogP contribution in [0.3, 0.4) is 0 Å². The normalized spacial score (nSPS) is 14.2. The van der Waals surface area contributed by atoms with Crippen molar-refractivity contribution in [2.75, 3.05) is 0 Å². The number of hydrogen-bond acceptors (Lipinski definition) is 3. The Morgan fingerprint density at radius 2 is 1.78 bits per heavy atom. The molecule has 0 N–H and O–H groups in total. The molecule has 0 amide bonds. The summed E-state index contributed by atoms with van der Waals surface area (Å²) in [7, 11) is 0. The molecule has 0 spiro atoms. The maximum atomic E-state index is 10.7. The molecular weight excluding hydrogens is 172 g/mol. The van der Waals surface area contributed by atoms with Crippen LogP contribution in [-0.4, -0.2) is 15.1 Å². The largest absolute Gasteiger partial charge is 1.00 e. The predicted molar refractivity (Wildman–Crippen MR) is 16.1 cm³/mol. The van der Waals surface area contributed by atoms with Crippen molar-refractivity contribution in [1.29, 1.82) is 0 Å². The Morgan fingerprint density at radius 1 is 1.44 bits per heavy atom. The van der Waals surface area contributed by atoms with E-state index in [4.69, 9.17) is 8.76 Å². The summed E-state index contributed by atoms with van der Waals surface area (Å²) in [5.41, 5.74) is 0. The zero-order valence-corrected chi connectivity index (χ0v) is 7.08. The van der Waals surface area contributed by atoms with Crippen LogP contribution in [0.15, 0.2) is 0 Å². The van der Waals surface area contributed by atoms with Gasteiger partial charge in [0.1, 0.15) is 0 Å². The van der Waals surface area contributed by atoms with Crippen LogP contribution in [0.25, 0.3) is 0 Å². The summed E-state index contributed by atoms with van der Waals surface area (Å²) in [6, 6.07) is 0. The predicted octanol–water partition coefficient (Wildman–Crippen LogP) is -2.68. The first-order chi connectivity index (χ1) is 3.42. The molecule has 8 heteroatoms. The maximum absolute atomic E-state index is 10.7. The Labute approximate surface area is 73.3 Å². The molecule has 0 rings (SSSR count). The van der Waals surface area contributed by atoms with Gasteiger partial charge in [-0.2, -0.15) is 0 Å². The fourth-order valence-corrected chi connectivity index (χ4v) is 0.231. The fourth-order valence-electron chi connectivity index (χ4n) is 0.0772. The smallest absolute Gasteiger partial charge is 0.750 e. The average molecular weight is 172 g/mol. The SMILES string of the molecule is O=S([O-])OC(F)(F)F.[Na+]. The van der Waals surface area contributed by atoms with Crippen LogP contribution in [-0.2, 0) is 15.5 Å². The number of halogens is 3. The van der Waals surface area contributed by atoms with Gasteiger partial charge in [-0.25, -0.2) is 8.39 Å². The minimum absolute atomic E-state index is 0. The van der Waals surface area contributed by atoms with Gasteiger partial charge in [-0.3, -0.25) is 0 Å². The van der Waals surface area contributed by atoms with Crippen molar-refractivity contribution >= 4 is 11.4 Å². The van der Waals surface area contributed by atoms with E-state index in [9.17, 15) is 13.2 Å². The van der Waals surface area contributed by atoms with Gasteiger partial charge in [0.2, 0.25) is 0 Å². The van der Waals surface area contributed by atoms with E-state index in [1.165, 1.54) is 0 Å². The molecule has 0 radical (unpaired) electrons. The van der Waals surface area contributed by atoms with E-state index in [-0.39, 0.29) is 29.6 Å². The van der Waals surface area contributed by atoms with E-state index < -0.39 is 17.7 Å². The van der Waals surface area contributed by atoms with Crippen molar-refractivity contribution in [2.45, 2.75) is 6.36 Å². The summed E-state index contributed by atoms with van der Waals surface area (Å²) >= 11 is -3.51. The molecule has 0 aliphatic rings. The van der Waals surface area contributed by atoms with Crippen molar-refractivity contribution in [3.8, 4) is 0 Å². The first-order valence-electron chi connectivity index (χ1n) is 1.27. The van der Waals surface area contributed by atoms with Crippen LogP contribution in [0.4, 0.5) is 13.2 Å². The Hall–Kier alpha value is 0.860. The van der Waals surface area contributed by atoms with Crippen LogP contribution in [0.1, 0.15) is 0 Å². The number of hydrogen-bond donors (Lipinski definition) is 0. The Kier molecular flexibility index (Phi) is 6.46. The van der Waals surface area contributed by atoms with E-state index in [0.29, 0.717) is 0 Å². The molecule has 1 atom stereocenters. The molecule has 0 heterocycles. The summed E-state index contributed by atoms with van der Waals surface area (Å²) in [4.78, 5) is 0. The molecule has 0 aliphatic heterocycles. The Bertz CT molecular complexity index is 102. The molecule has 0 aromatic carbocycles. The third-order valence-electron chi connectivity index (χ3n) is 0.163. The Balaban J connectivity index is 0. The summed E-state index contributed by atoms with van der Waals surface area (Å²) < 4.78 is 52.6. The standard InChI is InChI=1S/CHF3O3S.Na/c2-1(3,4)7-8(5)6;/h(H,5,6);/q;+1/p-1. The molecule has 0 aromatic rings. The topological polar surface area (TPSA) is 49.4 Å². The molecule has 0 aromatic heterocycles. The summed E-state index contributed by atoms with van der Waals surface area (Å²) in [6.07, 6.45) is -5.09. The first-order valence-corrected chi connectivity index (χ1v) is 2.27. The molecule has 0 saturated heterocycles. The third kappa shape index (κ3) is 12.1. The molecule has 50 valence electrons. The molecule has 1 unspecified atom stereocenters. The van der Waals surface area contributed by atoms with Gasteiger partial charge in [-0.1, -0.05) is 0 Å². The van der Waals surface area contributed by atoms with Crippen molar-refractivity contribution in [2.24, 2.45) is 0 Å². The summed E-state index contributed by atoms with van der Waals surface area (Å²) in [5.74, 6) is 0. The van der Waals surface area contributed by atoms with Crippen molar-refractivity contribution < 1.29 is 55.7 Å². The maximum Gasteiger partial charge on any atom is 1.00 e. The van der Waals surface area contributed by atoms with E-state index in [0.717, 1.165) is 0 Å². The van der Waals surface area contributed by atoms with Crippen LogP contribution < -0.4 is 29.6 Å². The molecular formula is CF3NaO3S. The number of rotatable bonds is 1. The molecule has 0 aliphatic carbocycles. The molecule has 3 nitrogen and oxygen atoms in total. The second-order valence-electron chi connectivity index (χ2n) is 0.733. The number of alkyl halides is 3. The van der Waals surface area contributed by atoms with E-state index in [2.05, 4.69) is 4.18 Å². The summed E-state index contributed by atoms with van der Waals surface area (Å²) in [6.45, 7) is 0. The van der Waals surface area contributed by atoms with E-state index in [1.54, 1.807) is 0 Å². The molecule has 0 bridgehead atoms. The van der Waals surface area contributed by atoms with Crippen molar-refractivity contribution in [3.05, 3.63) is 0 Å². The second kappa shape index (κ2) is 4.64. The molecule has 9 heavy (non-hydrogen) atoms. The average Bonchev–Trinajstić information content (AvgIpc) is 1.21. The molecule has 0 fully saturated rings. The fraction of sp³-hybridized carbons (Fsp3) is 1.00. The van der Waals surface area contributed by atoms with Gasteiger partial charge in [-0.05, 0) is 0 Å². The monoisotopic (exact) mass is 172 g/mol. The van der Waals surface area contributed by atoms with Crippen molar-refractivity contribution in [1.82, 2.24) is 0 Å². The quantitative estimate of drug-likeness (QED) is 0.320. The Morgan fingerprint density at radius 3 is 1.78 bits per heavy atom. The van der Waals surface area contributed by atoms with Gasteiger partial charge < -0.3 is 4.55 Å². The van der Waals surface area contributed by atoms with Gasteiger partial charge in [0.05, 0.1) is 11.4 Å². The van der Waals surface area contributed by atoms with Gasteiger partial charge in [-0.15, -0.1) is 13.2 Å². The van der Waals surface area contributed by atoms with Crippen LogP contribution in [0.5, 0.6) is 0 Å². The van der Waals surface area contributed by atoms with Crippen LogP contribution in [0.2, 0.25) is 0 Å². The second-order valence-corrected chi connectivity index (χ2v) is 1.31. The van der Waals surface area contributed by atoms with E-state index in [1.807, 2.05) is 0 Å². The van der Waals surface area contributed by atoms with Gasteiger partial charge in [0.25, 0.3) is 0 Å². The minimum atomic E-state index is -5.09. The molecule has 0 saturated carbocycles. The van der Waals surface area contributed by atoms with E-state index >= 15 is 0 Å². The van der Waals surface area contributed by atoms with Crippen LogP contribution >= 0.6 is 0 Å². The zero-order valence-electron chi connectivity index (χ0n) is 4.27. The van der Waals surface area contributed by atoms with Crippen molar-refractivity contribution in [3.63, 3.8) is 0 Å². The van der Waals surface area contributed by atoms with Crippen LogP contribution in [0, 0.1) is 0 Å². The van der Waals surface area contributed by atoms with Gasteiger partial charge in [0, 0.05) is 0 Å². The zero-order chi connectivity index (χ0) is 6.78. The minimum Gasteiger partial charge on any atom is -0.750 e. The van der Waals surface area contributed by atoms with Gasteiger partial charge >= 0.3 is 35.9 Å².